The average Bonchev–Trinajstić information content (AvgIpc) is 0.851. The molecule has 0 aromatic heterocycles. The Morgan fingerprint density at radius 2 is 0.979 bits per heavy atom. The molecule has 0 spiro atoms. The number of carbonyl (C=O) groups is 7. The van der Waals surface area contributed by atoms with E-state index in [2.05, 4.69) is 71.9 Å². The van der Waals surface area contributed by atoms with Crippen LogP contribution in [0, 0.1) is 76.9 Å². The highest BCUT2D eigenvalue weighted by Crippen LogP contribution is 2.64. The maximum absolute atomic E-state index is 12.1. The van der Waals surface area contributed by atoms with Crippen molar-refractivity contribution >= 4 is 51.9 Å². The third kappa shape index (κ3) is 16.5. The maximum atomic E-state index is 12.1. The molecule has 0 radical (unpaired) electrons. The van der Waals surface area contributed by atoms with Crippen molar-refractivity contribution in [2.75, 3.05) is 6.61 Å². The Morgan fingerprint density at radius 3 is 1.41 bits per heavy atom. The molecule has 14 bridgehead atoms. The van der Waals surface area contributed by atoms with E-state index in [-0.39, 0.29) is 63.3 Å². The number of fused-ring (bicyclic) bond motifs is 1. The highest BCUT2D eigenvalue weighted by molar-refractivity contribution is 7.87. The largest absolute Gasteiger partial charge is 0.463 e. The van der Waals surface area contributed by atoms with Crippen LogP contribution in [0.5, 0.6) is 0 Å². The first kappa shape index (κ1) is 75.8. The molecule has 2 heterocycles. The van der Waals surface area contributed by atoms with Crippen molar-refractivity contribution in [3.63, 3.8) is 0 Å². The Balaban J connectivity index is 0.000000137. The van der Waals surface area contributed by atoms with Crippen molar-refractivity contribution in [3.8, 4) is 0 Å². The van der Waals surface area contributed by atoms with Crippen molar-refractivity contribution in [3.05, 3.63) is 72.9 Å². The molecule has 17 rings (SSSR count). The molecular weight excluding hydrogens is 1260 g/mol. The second-order valence-electron chi connectivity index (χ2n) is 32.8. The molecule has 8 unspecified atom stereocenters. The Morgan fingerprint density at radius 1 is 0.536 bits per heavy atom. The van der Waals surface area contributed by atoms with Gasteiger partial charge in [0.25, 0.3) is 10.1 Å². The monoisotopic (exact) mass is 1370 g/mol. The first-order chi connectivity index (χ1) is 45.5. The molecule has 0 aromatic carbocycles. The lowest BCUT2D eigenvalue weighted by Crippen LogP contribution is -2.62. The highest BCUT2D eigenvalue weighted by Gasteiger charge is 2.66. The quantitative estimate of drug-likeness (QED) is 0.0692. The zero-order valence-electron chi connectivity index (χ0n) is 59.9. The fourth-order valence-corrected chi connectivity index (χ4v) is 23.0. The van der Waals surface area contributed by atoms with Gasteiger partial charge in [0.15, 0.2) is 0 Å². The topological polar surface area (TPSA) is 248 Å². The summed E-state index contributed by atoms with van der Waals surface area (Å²) in [5.41, 5.74) is 1.12. The van der Waals surface area contributed by atoms with E-state index in [1.165, 1.54) is 96.8 Å². The molecule has 0 amide bonds. The normalized spacial score (nSPS) is 38.6. The molecule has 0 aromatic rings. The van der Waals surface area contributed by atoms with Crippen molar-refractivity contribution in [2.45, 2.75) is 288 Å². The average molecular weight is 1370 g/mol. The first-order valence-corrected chi connectivity index (χ1v) is 38.0. The van der Waals surface area contributed by atoms with E-state index < -0.39 is 57.5 Å². The van der Waals surface area contributed by atoms with Crippen LogP contribution in [0.25, 0.3) is 0 Å². The zero-order valence-corrected chi connectivity index (χ0v) is 60.8. The van der Waals surface area contributed by atoms with E-state index in [9.17, 15) is 47.1 Å². The molecule has 97 heavy (non-hydrogen) atoms. The van der Waals surface area contributed by atoms with Gasteiger partial charge in [-0.2, -0.15) is 8.42 Å². The Kier molecular flexibility index (Phi) is 23.5. The van der Waals surface area contributed by atoms with E-state index >= 15 is 0 Å². The summed E-state index contributed by atoms with van der Waals surface area (Å²) >= 11 is 0. The number of esters is 7. The summed E-state index contributed by atoms with van der Waals surface area (Å²) in [6.45, 7) is 40.7. The molecule has 17 aliphatic rings. The number of hydrogen-bond donors (Lipinski definition) is 1. The van der Waals surface area contributed by atoms with Crippen LogP contribution in [0.2, 0.25) is 0 Å². The number of hydrogen-bond acceptors (Lipinski definition) is 18. The minimum atomic E-state index is -3.43. The lowest BCUT2D eigenvalue weighted by Gasteiger charge is -2.61. The molecular formula is C78H114O18S. The second kappa shape index (κ2) is 30.0. The Labute approximate surface area is 577 Å². The van der Waals surface area contributed by atoms with E-state index in [1.807, 2.05) is 0 Å². The Bertz CT molecular complexity index is 3130. The van der Waals surface area contributed by atoms with Crippen LogP contribution >= 0.6 is 0 Å². The van der Waals surface area contributed by atoms with Gasteiger partial charge in [-0.3, -0.25) is 4.18 Å². The van der Waals surface area contributed by atoms with Crippen molar-refractivity contribution in [1.29, 1.82) is 0 Å². The number of rotatable bonds is 15. The molecule has 2 saturated heterocycles. The fraction of sp³-hybridized carbons (Fsp3) is 0.756. The fourth-order valence-electron chi connectivity index (χ4n) is 21.1. The molecule has 2 aliphatic heterocycles. The standard InChI is InChI=1S/C17H26O2.C16H24O2.C14H20O3.C12H20O2.C11H14O5S.C8H10O4/c1-10(2)16(18)19-17(11(3)4)14-6-12-5-13(8-14)9-15(17)7-12;1-4-16(18-15(17)10(2)3)13-6-11-5-12(8-13)9-14(16)7-11;1-9(2)12(15)17-14-6-10-3-11(7-14)5-13(16,4-10)8-14;1-4-12(8-6-5-7-9-12)14-11(13)10(2)3;1-5(2)11(12)15-9-6-3-7-8(4-6)17(13,14)16-10(7)9;1-5(2)7(9)12-6-3-4-11-8(6)10/h11-15H,1,5-9H2,2-4H3;11-14H,2,4-9H2,1,3H3;10-11,16H,1,3-8H2,2H3;2,4-9H2,1,3H3;6-10H,1,3-4H2,2H3;6H,1,3-4H2,2H3. The number of cyclic esters (lactones) is 1. The number of aliphatic hydroxyl groups is 1. The molecule has 15 saturated carbocycles. The lowest BCUT2D eigenvalue weighted by atomic mass is 9.47. The number of ether oxygens (including phenoxy) is 7. The molecule has 1 N–H and O–H groups in total. The predicted molar refractivity (Wildman–Crippen MR) is 366 cm³/mol. The molecule has 17 fully saturated rings. The maximum Gasteiger partial charge on any atom is 0.347 e. The summed E-state index contributed by atoms with van der Waals surface area (Å²) in [7, 11) is -3.43. The van der Waals surface area contributed by atoms with Gasteiger partial charge < -0.3 is 38.3 Å². The van der Waals surface area contributed by atoms with Crippen LogP contribution in [-0.4, -0.2) is 113 Å². The second-order valence-corrected chi connectivity index (χ2v) is 34.6. The van der Waals surface area contributed by atoms with Crippen molar-refractivity contribution < 1.29 is 84.4 Å². The van der Waals surface area contributed by atoms with Gasteiger partial charge in [0.05, 0.1) is 17.5 Å². The molecule has 19 heteroatoms. The van der Waals surface area contributed by atoms with Crippen LogP contribution in [0.4, 0.5) is 0 Å². The van der Waals surface area contributed by atoms with Gasteiger partial charge in [-0.1, -0.05) is 73.6 Å². The van der Waals surface area contributed by atoms with Crippen LogP contribution in [-0.2, 0) is 81.0 Å². The van der Waals surface area contributed by atoms with Crippen LogP contribution in [0.3, 0.4) is 0 Å². The first-order valence-electron chi connectivity index (χ1n) is 36.6. The van der Waals surface area contributed by atoms with E-state index in [0.29, 0.717) is 95.2 Å². The van der Waals surface area contributed by atoms with E-state index in [4.69, 9.17) is 32.6 Å². The molecule has 18 nitrogen and oxygen atoms in total. The Hall–Kier alpha value is -5.40. The van der Waals surface area contributed by atoms with Gasteiger partial charge >= 0.3 is 41.8 Å². The third-order valence-electron chi connectivity index (χ3n) is 24.8. The SMILES string of the molecule is C=C(C)C(=O)OC1(C(C)C)C2CC3CC(C2)CC1C3.C=C(C)C(=O)OC1(CC)C2CC3CC(C2)CC1C3.C=C(C)C(=O)OC1(CC)CCCCC1.C=C(C)C(=O)OC12CC3CC(CC(O)(C3)C1)C2.C=C(C)C(=O)OC1C2CC3C1OS(=O)(=O)C3C2.C=C(C)C(=O)OC1CCOC1=O. The molecule has 540 valence electrons. The summed E-state index contributed by atoms with van der Waals surface area (Å²) in [5.74, 6) is 5.29. The van der Waals surface area contributed by atoms with Gasteiger partial charge in [-0.15, -0.1) is 0 Å². The van der Waals surface area contributed by atoms with Crippen LogP contribution in [0.1, 0.15) is 236 Å². The highest BCUT2D eigenvalue weighted by atomic mass is 32.2. The number of carbonyl (C=O) groups excluding carboxylic acids is 7. The van der Waals surface area contributed by atoms with Crippen molar-refractivity contribution in [1.82, 2.24) is 0 Å². The van der Waals surface area contributed by atoms with Gasteiger partial charge in [-0.25, -0.2) is 33.6 Å². The van der Waals surface area contributed by atoms with E-state index in [1.54, 1.807) is 34.6 Å². The minimum absolute atomic E-state index is 0.00733. The van der Waals surface area contributed by atoms with Gasteiger partial charge in [0.2, 0.25) is 6.10 Å². The predicted octanol–water partition coefficient (Wildman–Crippen LogP) is 14.1. The van der Waals surface area contributed by atoms with E-state index in [0.717, 1.165) is 81.5 Å². The summed E-state index contributed by atoms with van der Waals surface area (Å²) in [5, 5.41) is 10.1. The molecule has 15 aliphatic carbocycles. The van der Waals surface area contributed by atoms with Crippen LogP contribution in [0.15, 0.2) is 72.9 Å². The summed E-state index contributed by atoms with van der Waals surface area (Å²) in [6.07, 6.45) is 26.3. The van der Waals surface area contributed by atoms with Crippen molar-refractivity contribution in [2.24, 2.45) is 76.9 Å². The zero-order chi connectivity index (χ0) is 71.1. The van der Waals surface area contributed by atoms with Gasteiger partial charge in [0, 0.05) is 58.1 Å². The summed E-state index contributed by atoms with van der Waals surface area (Å²) < 4.78 is 66.4. The molecule has 8 atom stereocenters. The third-order valence-corrected chi connectivity index (χ3v) is 26.6. The summed E-state index contributed by atoms with van der Waals surface area (Å²) in [6, 6.07) is 0. The lowest BCUT2D eigenvalue weighted by molar-refractivity contribution is -0.221. The van der Waals surface area contributed by atoms with Gasteiger partial charge in [-0.05, 0) is 254 Å². The van der Waals surface area contributed by atoms with Gasteiger partial charge in [0.1, 0.15) is 34.6 Å². The minimum Gasteiger partial charge on any atom is -0.463 e. The summed E-state index contributed by atoms with van der Waals surface area (Å²) in [4.78, 5) is 80.5. The smallest absolute Gasteiger partial charge is 0.347 e. The van der Waals surface area contributed by atoms with Crippen LogP contribution < -0.4 is 0 Å².